The number of para-hydroxylation sites is 2. The van der Waals surface area contributed by atoms with Gasteiger partial charge in [-0.25, -0.2) is 0 Å². The first-order chi connectivity index (χ1) is 21.3. The van der Waals surface area contributed by atoms with Crippen LogP contribution in [0.4, 0.5) is 0 Å². The average Bonchev–Trinajstić information content (AvgIpc) is 3.74. The summed E-state index contributed by atoms with van der Waals surface area (Å²) in [6.45, 7) is 0. The zero-order valence-corrected chi connectivity index (χ0v) is 24.7. The first kappa shape index (κ1) is 23.6. The summed E-state index contributed by atoms with van der Waals surface area (Å²) in [7, 11) is 0. The molecule has 0 unspecified atom stereocenters. The lowest BCUT2D eigenvalue weighted by atomic mass is 9.91. The second-order valence-electron chi connectivity index (χ2n) is 11.3. The fourth-order valence-electron chi connectivity index (χ4n) is 7.10. The Bertz CT molecular complexity index is 2720. The molecular formula is C40H23NS2. The molecule has 1 nitrogen and oxygen atoms in total. The van der Waals surface area contributed by atoms with Crippen molar-refractivity contribution in [2.75, 3.05) is 0 Å². The Morgan fingerprint density at radius 1 is 0.395 bits per heavy atom. The van der Waals surface area contributed by atoms with Crippen LogP contribution in [0.3, 0.4) is 0 Å². The van der Waals surface area contributed by atoms with Crippen LogP contribution in [0.15, 0.2) is 139 Å². The number of benzene rings is 7. The van der Waals surface area contributed by atoms with Gasteiger partial charge in [-0.15, -0.1) is 22.7 Å². The number of rotatable bonds is 2. The molecule has 43 heavy (non-hydrogen) atoms. The predicted octanol–water partition coefficient (Wildman–Crippen LogP) is 12.3. The van der Waals surface area contributed by atoms with Gasteiger partial charge in [-0.05, 0) is 93.2 Å². The Morgan fingerprint density at radius 3 is 2.00 bits per heavy atom. The minimum Gasteiger partial charge on any atom is -0.309 e. The summed E-state index contributed by atoms with van der Waals surface area (Å²) in [5.41, 5.74) is 6.28. The SMILES string of the molecule is c1ccc(-n2c3ccccc3c3cc4c(-c5csc6ccccc56)cc5cc6sc7ccccc7c6cc5c4cc32)cc1. The lowest BCUT2D eigenvalue weighted by Gasteiger charge is -2.13. The molecule has 3 heterocycles. The van der Waals surface area contributed by atoms with Crippen molar-refractivity contribution in [3.05, 3.63) is 139 Å². The molecule has 0 aliphatic carbocycles. The number of hydrogen-bond donors (Lipinski definition) is 0. The van der Waals surface area contributed by atoms with E-state index in [4.69, 9.17) is 0 Å². The van der Waals surface area contributed by atoms with Gasteiger partial charge >= 0.3 is 0 Å². The van der Waals surface area contributed by atoms with Crippen molar-refractivity contribution in [2.45, 2.75) is 0 Å². The van der Waals surface area contributed by atoms with Crippen molar-refractivity contribution in [1.29, 1.82) is 0 Å². The highest BCUT2D eigenvalue weighted by Crippen LogP contribution is 2.46. The molecule has 0 aliphatic heterocycles. The molecule has 0 bridgehead atoms. The Morgan fingerprint density at radius 2 is 1.12 bits per heavy atom. The summed E-state index contributed by atoms with van der Waals surface area (Å²) in [6.07, 6.45) is 0. The molecule has 200 valence electrons. The normalized spacial score (nSPS) is 12.2. The molecule has 10 aromatic rings. The van der Waals surface area contributed by atoms with Crippen LogP contribution in [-0.4, -0.2) is 4.57 Å². The summed E-state index contributed by atoms with van der Waals surface area (Å²) in [5, 5.41) is 14.1. The Kier molecular flexibility index (Phi) is 4.81. The molecule has 0 spiro atoms. The largest absolute Gasteiger partial charge is 0.309 e. The minimum atomic E-state index is 1.18. The van der Waals surface area contributed by atoms with E-state index in [2.05, 4.69) is 143 Å². The third-order valence-electron chi connectivity index (χ3n) is 9.03. The minimum absolute atomic E-state index is 1.18. The quantitative estimate of drug-likeness (QED) is 0.179. The van der Waals surface area contributed by atoms with Crippen molar-refractivity contribution < 1.29 is 0 Å². The van der Waals surface area contributed by atoms with E-state index < -0.39 is 0 Å². The Balaban J connectivity index is 1.43. The molecule has 3 aromatic heterocycles. The van der Waals surface area contributed by atoms with Gasteiger partial charge in [0.25, 0.3) is 0 Å². The van der Waals surface area contributed by atoms with Gasteiger partial charge < -0.3 is 4.57 Å². The van der Waals surface area contributed by atoms with Gasteiger partial charge in [-0.3, -0.25) is 0 Å². The number of hydrogen-bond acceptors (Lipinski definition) is 2. The molecule has 0 amide bonds. The fourth-order valence-corrected chi connectivity index (χ4v) is 9.20. The topological polar surface area (TPSA) is 4.93 Å². The second-order valence-corrected chi connectivity index (χ2v) is 13.3. The highest BCUT2D eigenvalue weighted by molar-refractivity contribution is 7.25. The van der Waals surface area contributed by atoms with Gasteiger partial charge in [0.15, 0.2) is 0 Å². The number of fused-ring (bicyclic) bond motifs is 10. The van der Waals surface area contributed by atoms with Gasteiger partial charge in [0.2, 0.25) is 0 Å². The monoisotopic (exact) mass is 581 g/mol. The van der Waals surface area contributed by atoms with Crippen molar-refractivity contribution in [3.8, 4) is 16.8 Å². The summed E-state index contributed by atoms with van der Waals surface area (Å²) in [5.74, 6) is 0. The molecule has 0 aliphatic rings. The van der Waals surface area contributed by atoms with Crippen LogP contribution < -0.4 is 0 Å². The van der Waals surface area contributed by atoms with E-state index in [1.807, 2.05) is 22.7 Å². The highest BCUT2D eigenvalue weighted by atomic mass is 32.1. The van der Waals surface area contributed by atoms with E-state index in [-0.39, 0.29) is 0 Å². The number of thiophene rings is 2. The lowest BCUT2D eigenvalue weighted by molar-refractivity contribution is 1.18. The van der Waals surface area contributed by atoms with E-state index in [1.54, 1.807) is 0 Å². The first-order valence-electron chi connectivity index (χ1n) is 14.6. The smallest absolute Gasteiger partial charge is 0.0547 e. The molecule has 10 rings (SSSR count). The molecule has 0 N–H and O–H groups in total. The molecule has 0 fully saturated rings. The number of aromatic nitrogens is 1. The third kappa shape index (κ3) is 3.32. The van der Waals surface area contributed by atoms with E-state index in [0.29, 0.717) is 0 Å². The molecule has 0 saturated heterocycles. The summed E-state index contributed by atoms with van der Waals surface area (Å²) in [6, 6.07) is 49.4. The maximum Gasteiger partial charge on any atom is 0.0547 e. The van der Waals surface area contributed by atoms with Crippen LogP contribution in [0.25, 0.3) is 90.4 Å². The van der Waals surface area contributed by atoms with Gasteiger partial charge in [-0.2, -0.15) is 0 Å². The van der Waals surface area contributed by atoms with Crippen LogP contribution in [0.1, 0.15) is 0 Å². The van der Waals surface area contributed by atoms with Gasteiger partial charge in [0.1, 0.15) is 0 Å². The van der Waals surface area contributed by atoms with Gasteiger partial charge in [0, 0.05) is 52.3 Å². The number of nitrogens with zero attached hydrogens (tertiary/aromatic N) is 1. The molecule has 0 atom stereocenters. The summed E-state index contributed by atoms with van der Waals surface area (Å²) < 4.78 is 6.44. The first-order valence-corrected chi connectivity index (χ1v) is 16.3. The summed E-state index contributed by atoms with van der Waals surface area (Å²) in [4.78, 5) is 0. The van der Waals surface area contributed by atoms with Crippen LogP contribution in [0.2, 0.25) is 0 Å². The van der Waals surface area contributed by atoms with E-state index >= 15 is 0 Å². The molecule has 0 radical (unpaired) electrons. The average molecular weight is 582 g/mol. The lowest BCUT2D eigenvalue weighted by Crippen LogP contribution is -1.93. The second kappa shape index (κ2) is 8.78. The molecule has 0 saturated carbocycles. The molecule has 3 heteroatoms. The van der Waals surface area contributed by atoms with Crippen LogP contribution in [-0.2, 0) is 0 Å². The van der Waals surface area contributed by atoms with E-state index in [0.717, 1.165) is 0 Å². The zero-order valence-electron chi connectivity index (χ0n) is 23.0. The van der Waals surface area contributed by atoms with Crippen molar-refractivity contribution >= 4 is 96.3 Å². The van der Waals surface area contributed by atoms with Crippen molar-refractivity contribution in [2.24, 2.45) is 0 Å². The van der Waals surface area contributed by atoms with E-state index in [1.165, 1.54) is 90.4 Å². The fraction of sp³-hybridized carbons (Fsp3) is 0. The maximum atomic E-state index is 2.46. The van der Waals surface area contributed by atoms with Gasteiger partial charge in [-0.1, -0.05) is 72.8 Å². The highest BCUT2D eigenvalue weighted by Gasteiger charge is 2.19. The zero-order chi connectivity index (χ0) is 28.1. The van der Waals surface area contributed by atoms with Crippen LogP contribution in [0, 0.1) is 0 Å². The summed E-state index contributed by atoms with van der Waals surface area (Å²) >= 11 is 3.72. The maximum absolute atomic E-state index is 2.46. The predicted molar refractivity (Wildman–Crippen MR) is 190 cm³/mol. The molecular weight excluding hydrogens is 559 g/mol. The van der Waals surface area contributed by atoms with Crippen molar-refractivity contribution in [1.82, 2.24) is 4.57 Å². The van der Waals surface area contributed by atoms with Gasteiger partial charge in [0.05, 0.1) is 11.0 Å². The Labute approximate surface area is 255 Å². The third-order valence-corrected chi connectivity index (χ3v) is 11.1. The standard InChI is InChI=1S/C40H23NS2/c1-2-10-25(11-3-1)41-36-15-7-4-12-26(36)33-21-31-30(35-23-42-38-16-8-5-14-28(35)38)18-24-19-40-34(20-29(24)32(31)22-37(33)41)27-13-6-9-17-39(27)43-40/h1-23H. The van der Waals surface area contributed by atoms with Crippen molar-refractivity contribution in [3.63, 3.8) is 0 Å². The van der Waals surface area contributed by atoms with Crippen LogP contribution in [0.5, 0.6) is 0 Å². The van der Waals surface area contributed by atoms with E-state index in [9.17, 15) is 0 Å². The molecule has 7 aromatic carbocycles. The van der Waals surface area contributed by atoms with Crippen LogP contribution >= 0.6 is 22.7 Å². The Hall–Kier alpha value is -4.96.